The molecule has 0 aliphatic rings. The van der Waals surface area contributed by atoms with E-state index in [4.69, 9.17) is 0 Å². The lowest BCUT2D eigenvalue weighted by molar-refractivity contribution is 1.07. The fourth-order valence-electron chi connectivity index (χ4n) is 2.43. The number of nitrogens with one attached hydrogen (secondary N) is 3. The molecule has 0 bridgehead atoms. The summed E-state index contributed by atoms with van der Waals surface area (Å²) in [7, 11) is 0. The third-order valence-corrected chi connectivity index (χ3v) is 4.49. The third kappa shape index (κ3) is 4.99. The van der Waals surface area contributed by atoms with Crippen LogP contribution in [0.4, 0.5) is 29.2 Å². The number of nitrogens with zero attached hydrogens (tertiary/aromatic N) is 3. The van der Waals surface area contributed by atoms with E-state index in [1.54, 1.807) is 0 Å². The van der Waals surface area contributed by atoms with Gasteiger partial charge in [0.25, 0.3) is 0 Å². The summed E-state index contributed by atoms with van der Waals surface area (Å²) < 4.78 is 3.19. The first-order chi connectivity index (χ1) is 13.8. The van der Waals surface area contributed by atoms with Gasteiger partial charge in [0.2, 0.25) is 17.8 Å². The van der Waals surface area contributed by atoms with Gasteiger partial charge >= 0.3 is 0 Å². The van der Waals surface area contributed by atoms with Gasteiger partial charge in [-0.25, -0.2) is 0 Å². The number of benzene rings is 3. The van der Waals surface area contributed by atoms with Crippen molar-refractivity contribution < 1.29 is 0 Å². The highest BCUT2D eigenvalue weighted by molar-refractivity contribution is 8.00. The Morgan fingerprint density at radius 3 is 1.43 bits per heavy atom. The van der Waals surface area contributed by atoms with Crippen molar-refractivity contribution in [1.82, 2.24) is 15.0 Å². The summed E-state index contributed by atoms with van der Waals surface area (Å²) in [5.41, 5.74) is 1.81. The van der Waals surface area contributed by atoms with Crippen LogP contribution >= 0.6 is 11.9 Å². The predicted octanol–water partition coefficient (Wildman–Crippen LogP) is 5.48. The van der Waals surface area contributed by atoms with Gasteiger partial charge in [-0.1, -0.05) is 54.6 Å². The van der Waals surface area contributed by atoms with Crippen molar-refractivity contribution >= 4 is 41.2 Å². The van der Waals surface area contributed by atoms with E-state index < -0.39 is 0 Å². The second-order valence-corrected chi connectivity index (χ2v) is 6.69. The summed E-state index contributed by atoms with van der Waals surface area (Å²) in [6, 6.07) is 29.6. The molecule has 28 heavy (non-hydrogen) atoms. The van der Waals surface area contributed by atoms with Crippen molar-refractivity contribution in [3.63, 3.8) is 0 Å². The molecule has 0 saturated heterocycles. The molecule has 0 aliphatic heterocycles. The number of para-hydroxylation sites is 2. The molecule has 0 amide bonds. The molecular weight excluding hydrogens is 368 g/mol. The molecule has 0 spiro atoms. The van der Waals surface area contributed by atoms with E-state index in [2.05, 4.69) is 30.3 Å². The fourth-order valence-corrected chi connectivity index (χ4v) is 3.02. The Hall–Kier alpha value is -3.58. The maximum atomic E-state index is 4.49. The van der Waals surface area contributed by atoms with Crippen LogP contribution in [0.3, 0.4) is 0 Å². The topological polar surface area (TPSA) is 74.8 Å². The lowest BCUT2D eigenvalue weighted by atomic mass is 10.3. The number of anilines is 5. The molecule has 0 fully saturated rings. The van der Waals surface area contributed by atoms with Crippen LogP contribution in [-0.4, -0.2) is 15.0 Å². The highest BCUT2D eigenvalue weighted by Gasteiger charge is 2.08. The van der Waals surface area contributed by atoms with Crippen molar-refractivity contribution in [1.29, 1.82) is 0 Å². The van der Waals surface area contributed by atoms with Crippen molar-refractivity contribution in [2.45, 2.75) is 4.90 Å². The first-order valence-corrected chi connectivity index (χ1v) is 9.55. The minimum absolute atomic E-state index is 0.454. The summed E-state index contributed by atoms with van der Waals surface area (Å²) in [4.78, 5) is 14.5. The van der Waals surface area contributed by atoms with Gasteiger partial charge in [0.15, 0.2) is 0 Å². The van der Waals surface area contributed by atoms with Gasteiger partial charge in [0.1, 0.15) is 0 Å². The van der Waals surface area contributed by atoms with Crippen LogP contribution in [-0.2, 0) is 0 Å². The van der Waals surface area contributed by atoms with Crippen molar-refractivity contribution in [2.24, 2.45) is 0 Å². The number of hydrogen-bond donors (Lipinski definition) is 3. The van der Waals surface area contributed by atoms with Crippen LogP contribution in [0.25, 0.3) is 0 Å². The second-order valence-electron chi connectivity index (χ2n) is 5.81. The van der Waals surface area contributed by atoms with Gasteiger partial charge < -0.3 is 10.6 Å². The van der Waals surface area contributed by atoms with Crippen molar-refractivity contribution in [3.05, 3.63) is 91.0 Å². The molecule has 7 heteroatoms. The predicted molar refractivity (Wildman–Crippen MR) is 115 cm³/mol. The van der Waals surface area contributed by atoms with Crippen LogP contribution in [0.15, 0.2) is 95.9 Å². The van der Waals surface area contributed by atoms with E-state index >= 15 is 0 Å². The maximum absolute atomic E-state index is 4.49. The quantitative estimate of drug-likeness (QED) is 0.363. The molecule has 0 unspecified atom stereocenters. The van der Waals surface area contributed by atoms with E-state index in [0.29, 0.717) is 17.8 Å². The number of hydrogen-bond acceptors (Lipinski definition) is 7. The number of aromatic nitrogens is 3. The molecule has 3 aromatic carbocycles. The lowest BCUT2D eigenvalue weighted by Gasteiger charge is -2.11. The first kappa shape index (κ1) is 17.8. The van der Waals surface area contributed by atoms with E-state index in [-0.39, 0.29) is 0 Å². The average Bonchev–Trinajstić information content (AvgIpc) is 2.74. The van der Waals surface area contributed by atoms with Crippen LogP contribution < -0.4 is 15.4 Å². The zero-order valence-corrected chi connectivity index (χ0v) is 15.7. The Morgan fingerprint density at radius 2 is 0.929 bits per heavy atom. The van der Waals surface area contributed by atoms with Crippen LogP contribution in [0.1, 0.15) is 0 Å². The van der Waals surface area contributed by atoms with E-state index in [1.165, 1.54) is 11.9 Å². The van der Waals surface area contributed by atoms with Gasteiger partial charge in [0, 0.05) is 16.3 Å². The molecule has 4 aromatic rings. The summed E-state index contributed by atoms with van der Waals surface area (Å²) in [5, 5.41) is 6.43. The van der Waals surface area contributed by atoms with E-state index in [1.807, 2.05) is 91.0 Å². The Bertz CT molecular complexity index is 953. The molecule has 0 saturated carbocycles. The maximum Gasteiger partial charge on any atom is 0.239 e. The zero-order chi connectivity index (χ0) is 19.0. The summed E-state index contributed by atoms with van der Waals surface area (Å²) in [6.45, 7) is 0. The zero-order valence-electron chi connectivity index (χ0n) is 14.9. The van der Waals surface area contributed by atoms with Crippen molar-refractivity contribution in [3.8, 4) is 0 Å². The molecule has 4 rings (SSSR count). The Balaban J connectivity index is 1.58. The normalized spacial score (nSPS) is 10.3. The van der Waals surface area contributed by atoms with Crippen LogP contribution in [0.2, 0.25) is 0 Å². The molecule has 6 nitrogen and oxygen atoms in total. The lowest BCUT2D eigenvalue weighted by Crippen LogP contribution is -2.06. The van der Waals surface area contributed by atoms with E-state index in [0.717, 1.165) is 16.3 Å². The summed E-state index contributed by atoms with van der Waals surface area (Å²) in [6.07, 6.45) is 0. The van der Waals surface area contributed by atoms with Gasteiger partial charge in [-0.15, -0.1) is 0 Å². The Labute approximate surface area is 167 Å². The van der Waals surface area contributed by atoms with E-state index in [9.17, 15) is 0 Å². The molecule has 0 aliphatic carbocycles. The summed E-state index contributed by atoms with van der Waals surface area (Å²) in [5.74, 6) is 1.37. The highest BCUT2D eigenvalue weighted by atomic mass is 32.2. The minimum Gasteiger partial charge on any atom is -0.324 e. The fraction of sp³-hybridized carbons (Fsp3) is 0. The van der Waals surface area contributed by atoms with Crippen LogP contribution in [0, 0.1) is 0 Å². The molecule has 1 heterocycles. The number of rotatable bonds is 7. The van der Waals surface area contributed by atoms with Gasteiger partial charge in [0.05, 0.1) is 0 Å². The smallest absolute Gasteiger partial charge is 0.239 e. The van der Waals surface area contributed by atoms with Gasteiger partial charge in [-0.2, -0.15) is 15.0 Å². The molecule has 3 N–H and O–H groups in total. The Morgan fingerprint density at radius 1 is 0.500 bits per heavy atom. The van der Waals surface area contributed by atoms with Crippen LogP contribution in [0.5, 0.6) is 0 Å². The standard InChI is InChI=1S/C21H18N6S/c1-4-10-16(11-5-1)22-19-24-20(23-17-12-6-2-7-13-17)26-21(25-19)27-28-18-14-8-3-9-15-18/h1-15H,(H3,22,23,24,25,26,27). The average molecular weight is 386 g/mol. The molecule has 138 valence electrons. The molecule has 1 aromatic heterocycles. The Kier molecular flexibility index (Phi) is 5.65. The van der Waals surface area contributed by atoms with Gasteiger partial charge in [-0.3, -0.25) is 4.72 Å². The molecular formula is C21H18N6S. The largest absolute Gasteiger partial charge is 0.324 e. The monoisotopic (exact) mass is 386 g/mol. The van der Waals surface area contributed by atoms with Crippen molar-refractivity contribution in [2.75, 3.05) is 15.4 Å². The van der Waals surface area contributed by atoms with Gasteiger partial charge in [-0.05, 0) is 48.3 Å². The minimum atomic E-state index is 0.454. The summed E-state index contributed by atoms with van der Waals surface area (Å²) >= 11 is 1.45. The third-order valence-electron chi connectivity index (χ3n) is 3.70. The first-order valence-electron chi connectivity index (χ1n) is 8.73. The second kappa shape index (κ2) is 8.88. The SMILES string of the molecule is c1ccc(Nc2nc(NSc3ccccc3)nc(Nc3ccccc3)n2)cc1. The molecule has 0 radical (unpaired) electrons. The molecule has 0 atom stereocenters. The highest BCUT2D eigenvalue weighted by Crippen LogP contribution is 2.22.